The molecule has 0 amide bonds. The summed E-state index contributed by atoms with van der Waals surface area (Å²) in [6, 6.07) is 6.58. The molecule has 5 nitrogen and oxygen atoms in total. The lowest BCUT2D eigenvalue weighted by molar-refractivity contribution is 0.116. The fraction of sp³-hybridized carbons (Fsp3) is 0.600. The predicted octanol–water partition coefficient (Wildman–Crippen LogP) is 2.09. The van der Waals surface area contributed by atoms with Gasteiger partial charge in [-0.25, -0.2) is 13.1 Å². The Morgan fingerprint density at radius 1 is 1.14 bits per heavy atom. The minimum Gasteiger partial charge on any atom is -0.391 e. The number of aliphatic hydroxyl groups is 1. The zero-order valence-corrected chi connectivity index (χ0v) is 13.4. The number of aliphatic hydroxyl groups excluding tert-OH is 1. The van der Waals surface area contributed by atoms with E-state index in [9.17, 15) is 13.5 Å². The molecule has 6 heteroatoms. The van der Waals surface area contributed by atoms with E-state index in [1.165, 1.54) is 0 Å². The molecular formula is C15H24N2O3S. The largest absolute Gasteiger partial charge is 0.391 e. The Morgan fingerprint density at radius 2 is 1.76 bits per heavy atom. The molecule has 2 atom stereocenters. The standard InChI is InChI=1S/C15H24N2O3S/c1-11(2)17-21(19,20)13-9-7-12(8-10-13)16-14-5-3-4-6-15(14)18/h7-11,14-18H,3-6H2,1-2H3. The molecule has 3 N–H and O–H groups in total. The summed E-state index contributed by atoms with van der Waals surface area (Å²) < 4.78 is 26.6. The minimum atomic E-state index is -3.45. The normalized spacial score (nSPS) is 23.2. The average Bonchev–Trinajstić information content (AvgIpc) is 2.40. The number of nitrogens with one attached hydrogen (secondary N) is 2. The van der Waals surface area contributed by atoms with E-state index >= 15 is 0 Å². The number of hydrogen-bond donors (Lipinski definition) is 3. The first-order valence-electron chi connectivity index (χ1n) is 7.45. The van der Waals surface area contributed by atoms with Crippen LogP contribution >= 0.6 is 0 Å². The average molecular weight is 312 g/mol. The molecule has 2 unspecified atom stereocenters. The highest BCUT2D eigenvalue weighted by molar-refractivity contribution is 7.89. The van der Waals surface area contributed by atoms with E-state index in [1.54, 1.807) is 38.1 Å². The van der Waals surface area contributed by atoms with Gasteiger partial charge in [-0.3, -0.25) is 0 Å². The molecule has 118 valence electrons. The topological polar surface area (TPSA) is 78.4 Å². The second-order valence-corrected chi connectivity index (χ2v) is 7.62. The molecule has 0 spiro atoms. The van der Waals surface area contributed by atoms with E-state index in [2.05, 4.69) is 10.0 Å². The van der Waals surface area contributed by atoms with Crippen LogP contribution < -0.4 is 10.0 Å². The molecule has 2 rings (SSSR count). The van der Waals surface area contributed by atoms with Crippen LogP contribution in [0.4, 0.5) is 5.69 Å². The Kier molecular flexibility index (Phi) is 5.24. The molecule has 0 aliphatic heterocycles. The third-order valence-electron chi connectivity index (χ3n) is 3.64. The van der Waals surface area contributed by atoms with Gasteiger partial charge in [-0.1, -0.05) is 12.8 Å². The summed E-state index contributed by atoms with van der Waals surface area (Å²) in [7, 11) is -3.45. The molecule has 1 saturated carbocycles. The Hall–Kier alpha value is -1.11. The molecule has 0 bridgehead atoms. The van der Waals surface area contributed by atoms with Gasteiger partial charge in [0.25, 0.3) is 0 Å². The first-order chi connectivity index (χ1) is 9.88. The Labute approximate surface area is 126 Å². The lowest BCUT2D eigenvalue weighted by Crippen LogP contribution is -2.36. The first-order valence-corrected chi connectivity index (χ1v) is 8.94. The van der Waals surface area contributed by atoms with E-state index in [-0.39, 0.29) is 23.1 Å². The first kappa shape index (κ1) is 16.3. The van der Waals surface area contributed by atoms with Crippen LogP contribution in [0.15, 0.2) is 29.2 Å². The van der Waals surface area contributed by atoms with Crippen molar-refractivity contribution >= 4 is 15.7 Å². The molecule has 0 aromatic heterocycles. The number of hydrogen-bond acceptors (Lipinski definition) is 4. The molecule has 1 aliphatic rings. The van der Waals surface area contributed by atoms with Gasteiger partial charge in [0.05, 0.1) is 17.0 Å². The van der Waals surface area contributed by atoms with Gasteiger partial charge in [0.1, 0.15) is 0 Å². The Morgan fingerprint density at radius 3 is 2.33 bits per heavy atom. The van der Waals surface area contributed by atoms with E-state index in [4.69, 9.17) is 0 Å². The van der Waals surface area contributed by atoms with Crippen LogP contribution in [0, 0.1) is 0 Å². The fourth-order valence-electron chi connectivity index (χ4n) is 2.60. The van der Waals surface area contributed by atoms with Crippen molar-refractivity contribution in [1.29, 1.82) is 0 Å². The maximum atomic E-state index is 12.0. The highest BCUT2D eigenvalue weighted by Crippen LogP contribution is 2.23. The number of benzene rings is 1. The SMILES string of the molecule is CC(C)NS(=O)(=O)c1ccc(NC2CCCCC2O)cc1. The van der Waals surface area contributed by atoms with Gasteiger partial charge in [0.2, 0.25) is 10.0 Å². The van der Waals surface area contributed by atoms with Gasteiger partial charge < -0.3 is 10.4 Å². The van der Waals surface area contributed by atoms with Crippen LogP contribution in [0.5, 0.6) is 0 Å². The predicted molar refractivity (Wildman–Crippen MR) is 83.8 cm³/mol. The van der Waals surface area contributed by atoms with Crippen LogP contribution in [0.3, 0.4) is 0 Å². The molecule has 1 aromatic carbocycles. The van der Waals surface area contributed by atoms with E-state index in [0.717, 1.165) is 31.4 Å². The monoisotopic (exact) mass is 312 g/mol. The third kappa shape index (κ3) is 4.43. The number of anilines is 1. The summed E-state index contributed by atoms with van der Waals surface area (Å²) in [5, 5.41) is 13.2. The maximum absolute atomic E-state index is 12.0. The lowest BCUT2D eigenvalue weighted by Gasteiger charge is -2.29. The van der Waals surface area contributed by atoms with Crippen molar-refractivity contribution in [2.75, 3.05) is 5.32 Å². The second-order valence-electron chi connectivity index (χ2n) is 5.90. The molecule has 1 aromatic rings. The third-order valence-corrected chi connectivity index (χ3v) is 5.31. The number of sulfonamides is 1. The molecule has 0 saturated heterocycles. The van der Waals surface area contributed by atoms with Crippen LogP contribution in [0.2, 0.25) is 0 Å². The summed E-state index contributed by atoms with van der Waals surface area (Å²) in [5.41, 5.74) is 0.837. The molecule has 21 heavy (non-hydrogen) atoms. The van der Waals surface area contributed by atoms with Crippen LogP contribution in [0.25, 0.3) is 0 Å². The summed E-state index contributed by atoms with van der Waals surface area (Å²) in [6.45, 7) is 3.58. The highest BCUT2D eigenvalue weighted by Gasteiger charge is 2.23. The van der Waals surface area contributed by atoms with Crippen LogP contribution in [-0.2, 0) is 10.0 Å². The van der Waals surface area contributed by atoms with Crippen LogP contribution in [0.1, 0.15) is 39.5 Å². The molecule has 1 aliphatic carbocycles. The summed E-state index contributed by atoms with van der Waals surface area (Å²) in [4.78, 5) is 0.256. The zero-order chi connectivity index (χ0) is 15.5. The van der Waals surface area contributed by atoms with Gasteiger partial charge in [-0.2, -0.15) is 0 Å². The maximum Gasteiger partial charge on any atom is 0.240 e. The smallest absolute Gasteiger partial charge is 0.240 e. The molecule has 0 radical (unpaired) electrons. The lowest BCUT2D eigenvalue weighted by atomic mass is 9.92. The fourth-order valence-corrected chi connectivity index (χ4v) is 3.85. The molecule has 1 fully saturated rings. The van der Waals surface area contributed by atoms with Gasteiger partial charge >= 0.3 is 0 Å². The van der Waals surface area contributed by atoms with Gasteiger partial charge in [0.15, 0.2) is 0 Å². The quantitative estimate of drug-likeness (QED) is 0.778. The summed E-state index contributed by atoms with van der Waals surface area (Å²) in [6.07, 6.45) is 3.61. The molecular weight excluding hydrogens is 288 g/mol. The van der Waals surface area contributed by atoms with Crippen molar-refractivity contribution in [2.24, 2.45) is 0 Å². The van der Waals surface area contributed by atoms with Gasteiger partial charge in [-0.15, -0.1) is 0 Å². The summed E-state index contributed by atoms with van der Waals surface area (Å²) >= 11 is 0. The van der Waals surface area contributed by atoms with Crippen molar-refractivity contribution in [3.63, 3.8) is 0 Å². The van der Waals surface area contributed by atoms with Gasteiger partial charge in [-0.05, 0) is 51.0 Å². The van der Waals surface area contributed by atoms with E-state index in [0.29, 0.717) is 0 Å². The molecule has 0 heterocycles. The Bertz CT molecular complexity index is 555. The van der Waals surface area contributed by atoms with Gasteiger partial charge in [0, 0.05) is 11.7 Å². The van der Waals surface area contributed by atoms with Crippen molar-refractivity contribution in [2.45, 2.75) is 62.6 Å². The number of rotatable bonds is 5. The Balaban J connectivity index is 2.05. The second kappa shape index (κ2) is 6.77. The van der Waals surface area contributed by atoms with E-state index < -0.39 is 10.0 Å². The van der Waals surface area contributed by atoms with Crippen LogP contribution in [-0.4, -0.2) is 31.7 Å². The van der Waals surface area contributed by atoms with Crippen molar-refractivity contribution in [3.05, 3.63) is 24.3 Å². The highest BCUT2D eigenvalue weighted by atomic mass is 32.2. The van der Waals surface area contributed by atoms with Crippen molar-refractivity contribution in [3.8, 4) is 0 Å². The minimum absolute atomic E-state index is 0.0509. The summed E-state index contributed by atoms with van der Waals surface area (Å²) in [5.74, 6) is 0. The van der Waals surface area contributed by atoms with Crippen molar-refractivity contribution in [1.82, 2.24) is 4.72 Å². The van der Waals surface area contributed by atoms with E-state index in [1.807, 2.05) is 0 Å². The zero-order valence-electron chi connectivity index (χ0n) is 12.5. The van der Waals surface area contributed by atoms with Crippen molar-refractivity contribution < 1.29 is 13.5 Å².